The highest BCUT2D eigenvalue weighted by Gasteiger charge is 2.10. The lowest BCUT2D eigenvalue weighted by Crippen LogP contribution is -1.99. The Labute approximate surface area is 160 Å². The first-order valence-electron chi connectivity index (χ1n) is 8.77. The van der Waals surface area contributed by atoms with Crippen molar-refractivity contribution < 1.29 is 14.2 Å². The molecule has 3 aromatic rings. The Morgan fingerprint density at radius 3 is 2.44 bits per heavy atom. The van der Waals surface area contributed by atoms with Gasteiger partial charge < -0.3 is 14.2 Å². The molecule has 4 heteroatoms. The van der Waals surface area contributed by atoms with E-state index in [4.69, 9.17) is 14.2 Å². The third kappa shape index (κ3) is 5.19. The normalized spacial score (nSPS) is 10.9. The van der Waals surface area contributed by atoms with Crippen molar-refractivity contribution in [2.24, 2.45) is 0 Å². The lowest BCUT2D eigenvalue weighted by molar-refractivity contribution is 0.234. The van der Waals surface area contributed by atoms with Crippen LogP contribution in [0.15, 0.2) is 72.9 Å². The predicted octanol–water partition coefficient (Wildman–Crippen LogP) is 5.00. The van der Waals surface area contributed by atoms with Gasteiger partial charge in [-0.2, -0.15) is 0 Å². The van der Waals surface area contributed by atoms with E-state index in [0.717, 1.165) is 33.9 Å². The van der Waals surface area contributed by atoms with E-state index >= 15 is 0 Å². The van der Waals surface area contributed by atoms with Crippen molar-refractivity contribution in [2.75, 3.05) is 20.8 Å². The van der Waals surface area contributed by atoms with Crippen LogP contribution in [-0.2, 0) is 11.3 Å². The van der Waals surface area contributed by atoms with E-state index in [2.05, 4.69) is 4.98 Å². The van der Waals surface area contributed by atoms with E-state index in [1.165, 1.54) is 0 Å². The lowest BCUT2D eigenvalue weighted by Gasteiger charge is -2.12. The molecule has 0 saturated carbocycles. The second-order valence-electron chi connectivity index (χ2n) is 5.98. The van der Waals surface area contributed by atoms with Crippen LogP contribution in [0.3, 0.4) is 0 Å². The van der Waals surface area contributed by atoms with Gasteiger partial charge in [0.1, 0.15) is 23.8 Å². The van der Waals surface area contributed by atoms with Crippen molar-refractivity contribution in [3.8, 4) is 22.8 Å². The van der Waals surface area contributed by atoms with Gasteiger partial charge in [-0.3, -0.25) is 4.98 Å². The minimum atomic E-state index is 0.483. The minimum Gasteiger partial charge on any atom is -0.497 e. The van der Waals surface area contributed by atoms with Crippen LogP contribution in [0.2, 0.25) is 0 Å². The zero-order chi connectivity index (χ0) is 18.9. The Morgan fingerprint density at radius 2 is 1.74 bits per heavy atom. The fraction of sp³-hybridized carbons (Fsp3) is 0.174. The first-order valence-corrected chi connectivity index (χ1v) is 8.77. The molecule has 0 aliphatic rings. The van der Waals surface area contributed by atoms with E-state index in [-0.39, 0.29) is 0 Å². The van der Waals surface area contributed by atoms with Crippen LogP contribution < -0.4 is 9.47 Å². The Kier molecular flexibility index (Phi) is 6.61. The van der Waals surface area contributed by atoms with Gasteiger partial charge in [0.05, 0.1) is 13.7 Å². The molecule has 0 fully saturated rings. The standard InChI is InChI=1S/C23H23NO3/c1-25-14-6-9-19-15-22(27-17-18-7-4-3-5-8-18)23(24-16-19)20-10-12-21(26-2)13-11-20/h3-13,15-16H,14,17H2,1-2H3/b9-6+. The Balaban J connectivity index is 1.89. The number of benzene rings is 2. The molecule has 1 aromatic heterocycles. The largest absolute Gasteiger partial charge is 0.497 e. The van der Waals surface area contributed by atoms with Gasteiger partial charge in [0.15, 0.2) is 0 Å². The second-order valence-corrected chi connectivity index (χ2v) is 5.98. The molecule has 0 aliphatic heterocycles. The average molecular weight is 361 g/mol. The molecule has 0 atom stereocenters. The maximum Gasteiger partial charge on any atom is 0.146 e. The molecule has 0 radical (unpaired) electrons. The summed E-state index contributed by atoms with van der Waals surface area (Å²) in [5.41, 5.74) is 3.86. The Bertz CT molecular complexity index is 874. The number of hydrogen-bond donors (Lipinski definition) is 0. The van der Waals surface area contributed by atoms with Gasteiger partial charge >= 0.3 is 0 Å². The van der Waals surface area contributed by atoms with Crippen LogP contribution in [0.4, 0.5) is 0 Å². The zero-order valence-corrected chi connectivity index (χ0v) is 15.6. The monoisotopic (exact) mass is 361 g/mol. The molecule has 0 amide bonds. The van der Waals surface area contributed by atoms with Gasteiger partial charge in [0.2, 0.25) is 0 Å². The van der Waals surface area contributed by atoms with Gasteiger partial charge in [-0.1, -0.05) is 42.5 Å². The van der Waals surface area contributed by atoms with Crippen LogP contribution in [0, 0.1) is 0 Å². The van der Waals surface area contributed by atoms with Gasteiger partial charge in [0.25, 0.3) is 0 Å². The van der Waals surface area contributed by atoms with Crippen molar-refractivity contribution in [3.63, 3.8) is 0 Å². The van der Waals surface area contributed by atoms with Gasteiger partial charge in [-0.15, -0.1) is 0 Å². The van der Waals surface area contributed by atoms with Gasteiger partial charge in [-0.25, -0.2) is 0 Å². The number of rotatable bonds is 8. The van der Waals surface area contributed by atoms with E-state index in [0.29, 0.717) is 13.2 Å². The molecular formula is C23H23NO3. The fourth-order valence-corrected chi connectivity index (χ4v) is 2.64. The smallest absolute Gasteiger partial charge is 0.146 e. The Hall–Kier alpha value is -3.11. The Morgan fingerprint density at radius 1 is 0.963 bits per heavy atom. The molecule has 0 bridgehead atoms. The predicted molar refractivity (Wildman–Crippen MR) is 108 cm³/mol. The van der Waals surface area contributed by atoms with Crippen molar-refractivity contribution in [2.45, 2.75) is 6.61 Å². The number of nitrogens with zero attached hydrogens (tertiary/aromatic N) is 1. The maximum absolute atomic E-state index is 6.12. The van der Waals surface area contributed by atoms with E-state index in [1.807, 2.05) is 79.0 Å². The quantitative estimate of drug-likeness (QED) is 0.566. The maximum atomic E-state index is 6.12. The molecule has 0 spiro atoms. The third-order valence-corrected chi connectivity index (χ3v) is 4.05. The molecule has 138 valence electrons. The minimum absolute atomic E-state index is 0.483. The number of methoxy groups -OCH3 is 2. The van der Waals surface area contributed by atoms with Gasteiger partial charge in [0, 0.05) is 18.9 Å². The number of ether oxygens (including phenoxy) is 3. The van der Waals surface area contributed by atoms with Crippen LogP contribution in [0.5, 0.6) is 11.5 Å². The molecule has 4 nitrogen and oxygen atoms in total. The highest BCUT2D eigenvalue weighted by Crippen LogP contribution is 2.31. The summed E-state index contributed by atoms with van der Waals surface area (Å²) >= 11 is 0. The molecule has 2 aromatic carbocycles. The molecule has 0 N–H and O–H groups in total. The van der Waals surface area contributed by atoms with Crippen molar-refractivity contribution in [3.05, 3.63) is 84.1 Å². The lowest BCUT2D eigenvalue weighted by atomic mass is 10.1. The molecule has 0 unspecified atom stereocenters. The van der Waals surface area contributed by atoms with Crippen molar-refractivity contribution in [1.82, 2.24) is 4.98 Å². The van der Waals surface area contributed by atoms with Crippen LogP contribution in [0.1, 0.15) is 11.1 Å². The summed E-state index contributed by atoms with van der Waals surface area (Å²) in [6, 6.07) is 19.9. The summed E-state index contributed by atoms with van der Waals surface area (Å²) in [6.45, 7) is 1.04. The highest BCUT2D eigenvalue weighted by atomic mass is 16.5. The molecule has 0 saturated heterocycles. The molecular weight excluding hydrogens is 338 g/mol. The van der Waals surface area contributed by atoms with E-state index in [9.17, 15) is 0 Å². The summed E-state index contributed by atoms with van der Waals surface area (Å²) in [6.07, 6.45) is 5.76. The second kappa shape index (κ2) is 9.55. The summed E-state index contributed by atoms with van der Waals surface area (Å²) in [7, 11) is 3.33. The number of hydrogen-bond acceptors (Lipinski definition) is 4. The summed E-state index contributed by atoms with van der Waals surface area (Å²) in [4.78, 5) is 4.64. The molecule has 1 heterocycles. The van der Waals surface area contributed by atoms with E-state index < -0.39 is 0 Å². The zero-order valence-electron chi connectivity index (χ0n) is 15.6. The average Bonchev–Trinajstić information content (AvgIpc) is 2.73. The first-order chi connectivity index (χ1) is 13.3. The number of pyridine rings is 1. The SMILES string of the molecule is COC/C=C/c1cnc(-c2ccc(OC)cc2)c(OCc2ccccc2)c1. The van der Waals surface area contributed by atoms with Crippen LogP contribution >= 0.6 is 0 Å². The summed E-state index contributed by atoms with van der Waals surface area (Å²) < 4.78 is 16.4. The number of aromatic nitrogens is 1. The van der Waals surface area contributed by atoms with Crippen LogP contribution in [-0.4, -0.2) is 25.8 Å². The first kappa shape index (κ1) is 18.7. The highest BCUT2D eigenvalue weighted by molar-refractivity contribution is 5.69. The fourth-order valence-electron chi connectivity index (χ4n) is 2.64. The van der Waals surface area contributed by atoms with Gasteiger partial charge in [-0.05, 0) is 41.5 Å². The topological polar surface area (TPSA) is 40.6 Å². The molecule has 27 heavy (non-hydrogen) atoms. The van der Waals surface area contributed by atoms with Crippen LogP contribution in [0.25, 0.3) is 17.3 Å². The summed E-state index contributed by atoms with van der Waals surface area (Å²) in [5.74, 6) is 1.55. The molecule has 0 aliphatic carbocycles. The van der Waals surface area contributed by atoms with Crippen molar-refractivity contribution >= 4 is 6.08 Å². The third-order valence-electron chi connectivity index (χ3n) is 4.05. The van der Waals surface area contributed by atoms with E-state index in [1.54, 1.807) is 14.2 Å². The molecule has 3 rings (SSSR count). The van der Waals surface area contributed by atoms with Crippen molar-refractivity contribution in [1.29, 1.82) is 0 Å². The summed E-state index contributed by atoms with van der Waals surface area (Å²) in [5, 5.41) is 0.